The molecular weight excluding hydrogens is 392 g/mol. The number of rotatable bonds is 4. The first-order valence-corrected chi connectivity index (χ1v) is 10.1. The van der Waals surface area contributed by atoms with E-state index in [1.54, 1.807) is 36.3 Å². The number of carbonyl (C=O) groups excluding carboxylic acids is 1. The Morgan fingerprint density at radius 1 is 1.19 bits per heavy atom. The maximum atomic E-state index is 12.7. The third kappa shape index (κ3) is 3.51. The number of fused-ring (bicyclic) bond motifs is 2. The highest BCUT2D eigenvalue weighted by Gasteiger charge is 2.21. The number of amides is 1. The van der Waals surface area contributed by atoms with E-state index >= 15 is 0 Å². The molecule has 5 rings (SSSR count). The molecule has 0 aromatic carbocycles. The van der Waals surface area contributed by atoms with E-state index in [1.807, 2.05) is 31.3 Å². The zero-order valence-corrected chi connectivity index (χ0v) is 17.3. The fourth-order valence-corrected chi connectivity index (χ4v) is 4.12. The Hall–Kier alpha value is -3.78. The van der Waals surface area contributed by atoms with Gasteiger partial charge in [0.05, 0.1) is 12.2 Å². The van der Waals surface area contributed by atoms with Crippen LogP contribution in [-0.2, 0) is 24.9 Å². The van der Waals surface area contributed by atoms with E-state index in [0.717, 1.165) is 34.3 Å². The molecule has 0 spiro atoms. The fraction of sp³-hybridized carbons (Fsp3) is 0.217. The van der Waals surface area contributed by atoms with Gasteiger partial charge >= 0.3 is 0 Å². The van der Waals surface area contributed by atoms with Crippen molar-refractivity contribution in [3.8, 4) is 11.3 Å². The second kappa shape index (κ2) is 7.48. The maximum absolute atomic E-state index is 12.7. The molecule has 4 aromatic rings. The monoisotopic (exact) mass is 414 g/mol. The number of aryl methyl sites for hydroxylation is 2. The second-order valence-corrected chi connectivity index (χ2v) is 7.92. The lowest BCUT2D eigenvalue weighted by Gasteiger charge is -2.15. The van der Waals surface area contributed by atoms with Gasteiger partial charge in [-0.05, 0) is 41.8 Å². The van der Waals surface area contributed by atoms with Crippen LogP contribution in [-0.4, -0.2) is 36.9 Å². The third-order valence-electron chi connectivity index (χ3n) is 5.67. The van der Waals surface area contributed by atoms with Gasteiger partial charge in [-0.25, -0.2) is 4.98 Å². The molecule has 1 amide bonds. The molecule has 4 aromatic heterocycles. The number of H-pyrrole nitrogens is 1. The van der Waals surface area contributed by atoms with E-state index in [9.17, 15) is 9.59 Å². The first-order chi connectivity index (χ1) is 15.0. The molecule has 0 radical (unpaired) electrons. The number of anilines is 1. The summed E-state index contributed by atoms with van der Waals surface area (Å²) in [5, 5.41) is 3.73. The van der Waals surface area contributed by atoms with Crippen molar-refractivity contribution in [1.82, 2.24) is 24.4 Å². The van der Waals surface area contributed by atoms with Gasteiger partial charge in [-0.15, -0.1) is 0 Å². The van der Waals surface area contributed by atoms with E-state index < -0.39 is 0 Å². The van der Waals surface area contributed by atoms with Crippen LogP contribution in [0.3, 0.4) is 0 Å². The van der Waals surface area contributed by atoms with Crippen LogP contribution >= 0.6 is 0 Å². The molecular formula is C23H22N6O2. The quantitative estimate of drug-likeness (QED) is 0.535. The predicted molar refractivity (Wildman–Crippen MR) is 118 cm³/mol. The van der Waals surface area contributed by atoms with Crippen molar-refractivity contribution < 1.29 is 4.79 Å². The Labute approximate surface area is 178 Å². The smallest absolute Gasteiger partial charge is 0.274 e. The lowest BCUT2D eigenvalue weighted by molar-refractivity contribution is -0.117. The summed E-state index contributed by atoms with van der Waals surface area (Å²) in [6.45, 7) is 3.70. The van der Waals surface area contributed by atoms with Crippen LogP contribution < -0.4 is 10.9 Å². The molecule has 5 heterocycles. The Balaban J connectivity index is 1.39. The van der Waals surface area contributed by atoms with Gasteiger partial charge in [0, 0.05) is 55.9 Å². The molecule has 0 saturated heterocycles. The topological polar surface area (TPSA) is 95.9 Å². The molecule has 0 atom stereocenters. The number of aromatic nitrogens is 4. The van der Waals surface area contributed by atoms with E-state index in [2.05, 4.69) is 20.2 Å². The first-order valence-electron chi connectivity index (χ1n) is 10.1. The van der Waals surface area contributed by atoms with Crippen LogP contribution in [0.2, 0.25) is 0 Å². The number of hydrogen-bond donors (Lipinski definition) is 2. The number of hydrogen-bond acceptors (Lipinski definition) is 5. The van der Waals surface area contributed by atoms with E-state index in [1.165, 1.54) is 5.56 Å². The molecule has 0 bridgehead atoms. The largest absolute Gasteiger partial charge is 0.357 e. The normalized spacial score (nSPS) is 13.5. The molecule has 8 nitrogen and oxygen atoms in total. The molecule has 0 aliphatic carbocycles. The van der Waals surface area contributed by atoms with Gasteiger partial charge in [-0.3, -0.25) is 19.5 Å². The van der Waals surface area contributed by atoms with Crippen molar-refractivity contribution in [1.29, 1.82) is 0 Å². The molecule has 1 aliphatic heterocycles. The first kappa shape index (κ1) is 19.2. The minimum atomic E-state index is -0.115. The minimum absolute atomic E-state index is 0.0901. The Bertz CT molecular complexity index is 1350. The molecule has 0 unspecified atom stereocenters. The van der Waals surface area contributed by atoms with Crippen molar-refractivity contribution in [3.63, 3.8) is 0 Å². The lowest BCUT2D eigenvalue weighted by atomic mass is 10.1. The summed E-state index contributed by atoms with van der Waals surface area (Å²) >= 11 is 0. The number of aromatic amines is 1. The summed E-state index contributed by atoms with van der Waals surface area (Å²) in [4.78, 5) is 39.0. The van der Waals surface area contributed by atoms with Gasteiger partial charge in [0.2, 0.25) is 5.91 Å². The van der Waals surface area contributed by atoms with Gasteiger partial charge in [-0.1, -0.05) is 6.07 Å². The average molecular weight is 414 g/mol. The highest BCUT2D eigenvalue weighted by molar-refractivity contribution is 5.95. The summed E-state index contributed by atoms with van der Waals surface area (Å²) in [5.74, 6) is 0.372. The molecule has 156 valence electrons. The summed E-state index contributed by atoms with van der Waals surface area (Å²) < 4.78 is 1.54. The fourth-order valence-electron chi connectivity index (χ4n) is 4.12. The standard InChI is InChI=1S/C23H22N6O2/c1-14-3-4-19(26-20(30)13-29-10-15-5-7-24-9-16(15)11-29)27-21(14)18-12-28(2)23(31)22-17(18)6-8-25-22/h3-9,12,25H,10-11,13H2,1-2H3,(H,26,27,30). The number of nitrogens with zero attached hydrogens (tertiary/aromatic N) is 4. The van der Waals surface area contributed by atoms with Crippen molar-refractivity contribution in [2.75, 3.05) is 11.9 Å². The summed E-state index contributed by atoms with van der Waals surface area (Å²) in [7, 11) is 1.72. The van der Waals surface area contributed by atoms with Crippen LogP contribution in [0.1, 0.15) is 16.7 Å². The van der Waals surface area contributed by atoms with Gasteiger partial charge in [0.15, 0.2) is 0 Å². The predicted octanol–water partition coefficient (Wildman–Crippen LogP) is 2.59. The molecule has 2 N–H and O–H groups in total. The van der Waals surface area contributed by atoms with Gasteiger partial charge < -0.3 is 14.9 Å². The Morgan fingerprint density at radius 3 is 2.87 bits per heavy atom. The van der Waals surface area contributed by atoms with Crippen molar-refractivity contribution in [2.24, 2.45) is 7.05 Å². The van der Waals surface area contributed by atoms with Crippen LogP contribution in [0.15, 0.2) is 53.8 Å². The zero-order valence-electron chi connectivity index (χ0n) is 17.3. The molecule has 8 heteroatoms. The Kier molecular flexibility index (Phi) is 4.63. The van der Waals surface area contributed by atoms with Gasteiger partial charge in [-0.2, -0.15) is 0 Å². The van der Waals surface area contributed by atoms with Crippen LogP contribution in [0.5, 0.6) is 0 Å². The summed E-state index contributed by atoms with van der Waals surface area (Å²) in [6, 6.07) is 7.60. The van der Waals surface area contributed by atoms with E-state index in [4.69, 9.17) is 4.98 Å². The van der Waals surface area contributed by atoms with Crippen molar-refractivity contribution in [2.45, 2.75) is 20.0 Å². The SMILES string of the molecule is Cc1ccc(NC(=O)CN2Cc3ccncc3C2)nc1-c1cn(C)c(=O)c2[nH]ccc12. The van der Waals surface area contributed by atoms with Crippen LogP contribution in [0.4, 0.5) is 5.82 Å². The van der Waals surface area contributed by atoms with Crippen molar-refractivity contribution >= 4 is 22.6 Å². The highest BCUT2D eigenvalue weighted by atomic mass is 16.2. The van der Waals surface area contributed by atoms with Gasteiger partial charge in [0.25, 0.3) is 5.56 Å². The third-order valence-corrected chi connectivity index (χ3v) is 5.67. The van der Waals surface area contributed by atoms with Gasteiger partial charge in [0.1, 0.15) is 11.3 Å². The molecule has 31 heavy (non-hydrogen) atoms. The van der Waals surface area contributed by atoms with Crippen LogP contribution in [0, 0.1) is 6.92 Å². The molecule has 0 fully saturated rings. The van der Waals surface area contributed by atoms with E-state index in [-0.39, 0.29) is 18.0 Å². The number of carbonyl (C=O) groups is 1. The van der Waals surface area contributed by atoms with E-state index in [0.29, 0.717) is 17.9 Å². The zero-order chi connectivity index (χ0) is 21.5. The summed E-state index contributed by atoms with van der Waals surface area (Å²) in [6.07, 6.45) is 7.17. The lowest BCUT2D eigenvalue weighted by Crippen LogP contribution is -2.29. The average Bonchev–Trinajstić information content (AvgIpc) is 3.39. The minimum Gasteiger partial charge on any atom is -0.357 e. The highest BCUT2D eigenvalue weighted by Crippen LogP contribution is 2.28. The van der Waals surface area contributed by atoms with Crippen molar-refractivity contribution in [3.05, 3.63) is 76.1 Å². The maximum Gasteiger partial charge on any atom is 0.274 e. The number of nitrogens with one attached hydrogen (secondary N) is 2. The van der Waals surface area contributed by atoms with Crippen LogP contribution in [0.25, 0.3) is 22.2 Å². The number of pyridine rings is 3. The molecule has 0 saturated carbocycles. The molecule has 1 aliphatic rings. The second-order valence-electron chi connectivity index (χ2n) is 7.92. The summed E-state index contributed by atoms with van der Waals surface area (Å²) in [5.41, 5.74) is 5.36. The Morgan fingerprint density at radius 2 is 2.03 bits per heavy atom.